The highest BCUT2D eigenvalue weighted by molar-refractivity contribution is 5.79. The molecule has 1 aliphatic rings. The minimum Gasteiger partial charge on any atom is -0.342 e. The number of amides is 1. The first kappa shape index (κ1) is 15.7. The molecule has 0 bridgehead atoms. The molecule has 8 heteroatoms. The number of rotatable bonds is 5. The van der Waals surface area contributed by atoms with E-state index in [0.717, 1.165) is 44.3 Å². The Morgan fingerprint density at radius 1 is 1.28 bits per heavy atom. The van der Waals surface area contributed by atoms with Gasteiger partial charge in [0.25, 0.3) is 5.89 Å². The molecule has 1 saturated heterocycles. The molecule has 0 saturated carbocycles. The van der Waals surface area contributed by atoms with Crippen LogP contribution < -0.4 is 0 Å². The van der Waals surface area contributed by atoms with Crippen molar-refractivity contribution in [2.75, 3.05) is 13.1 Å². The Morgan fingerprint density at radius 3 is 2.92 bits per heavy atom. The molecule has 130 valence electrons. The van der Waals surface area contributed by atoms with Crippen LogP contribution in [0, 0.1) is 0 Å². The van der Waals surface area contributed by atoms with Crippen LogP contribution in [-0.2, 0) is 17.6 Å². The van der Waals surface area contributed by atoms with Gasteiger partial charge in [0.05, 0.1) is 12.0 Å². The Kier molecular flexibility index (Phi) is 4.17. The number of nitrogens with zero attached hydrogens (tertiary/aromatic N) is 6. The maximum Gasteiger partial charge on any atom is 0.261 e. The average Bonchev–Trinajstić information content (AvgIpc) is 3.36. The molecule has 3 aromatic heterocycles. The van der Waals surface area contributed by atoms with E-state index in [0.29, 0.717) is 23.2 Å². The molecule has 0 N–H and O–H groups in total. The van der Waals surface area contributed by atoms with Gasteiger partial charge in [-0.15, -0.1) is 10.2 Å². The zero-order valence-electron chi connectivity index (χ0n) is 14.2. The smallest absolute Gasteiger partial charge is 0.261 e. The fraction of sp³-hybridized carbons (Fsp3) is 0.471. The van der Waals surface area contributed by atoms with E-state index in [-0.39, 0.29) is 12.3 Å². The van der Waals surface area contributed by atoms with Gasteiger partial charge in [-0.05, 0) is 31.4 Å². The van der Waals surface area contributed by atoms with Gasteiger partial charge >= 0.3 is 0 Å². The molecule has 0 radical (unpaired) electrons. The van der Waals surface area contributed by atoms with Gasteiger partial charge in [0.1, 0.15) is 5.82 Å². The fourth-order valence-corrected chi connectivity index (χ4v) is 3.15. The standard InChI is InChI=1S/C17H20N6O2/c1-2-6-13-18-17(25-21-13)12-7-5-10-23-14(19-20-16(12)23)11-15(24)22-8-3-4-9-22/h5,7,10H,2-4,6,8-9,11H2,1H3. The van der Waals surface area contributed by atoms with E-state index in [4.69, 9.17) is 4.52 Å². The van der Waals surface area contributed by atoms with E-state index in [9.17, 15) is 4.79 Å². The second kappa shape index (κ2) is 6.62. The van der Waals surface area contributed by atoms with Crippen LogP contribution >= 0.6 is 0 Å². The van der Waals surface area contributed by atoms with E-state index < -0.39 is 0 Å². The van der Waals surface area contributed by atoms with Gasteiger partial charge in [0.2, 0.25) is 5.91 Å². The molecule has 0 spiro atoms. The van der Waals surface area contributed by atoms with Gasteiger partial charge in [-0.3, -0.25) is 9.20 Å². The van der Waals surface area contributed by atoms with E-state index in [1.54, 1.807) is 0 Å². The molecule has 4 heterocycles. The van der Waals surface area contributed by atoms with E-state index >= 15 is 0 Å². The normalized spacial score (nSPS) is 14.5. The predicted molar refractivity (Wildman–Crippen MR) is 89.8 cm³/mol. The van der Waals surface area contributed by atoms with Gasteiger partial charge in [0, 0.05) is 25.7 Å². The van der Waals surface area contributed by atoms with Gasteiger partial charge in [-0.25, -0.2) is 0 Å². The summed E-state index contributed by atoms with van der Waals surface area (Å²) in [6.45, 7) is 3.74. The molecule has 0 unspecified atom stereocenters. The molecular weight excluding hydrogens is 320 g/mol. The lowest BCUT2D eigenvalue weighted by Crippen LogP contribution is -2.29. The van der Waals surface area contributed by atoms with Crippen molar-refractivity contribution in [3.63, 3.8) is 0 Å². The third kappa shape index (κ3) is 2.99. The Balaban J connectivity index is 1.64. The molecule has 4 rings (SSSR count). The van der Waals surface area contributed by atoms with Crippen LogP contribution in [0.1, 0.15) is 37.8 Å². The fourth-order valence-electron chi connectivity index (χ4n) is 3.15. The van der Waals surface area contributed by atoms with Gasteiger partial charge in [-0.1, -0.05) is 12.1 Å². The highest BCUT2D eigenvalue weighted by Gasteiger charge is 2.21. The summed E-state index contributed by atoms with van der Waals surface area (Å²) in [4.78, 5) is 18.7. The van der Waals surface area contributed by atoms with Crippen LogP contribution in [0.15, 0.2) is 22.9 Å². The number of likely N-dealkylation sites (tertiary alicyclic amines) is 1. The third-order valence-corrected chi connectivity index (χ3v) is 4.45. The number of hydrogen-bond acceptors (Lipinski definition) is 6. The van der Waals surface area contributed by atoms with Crippen LogP contribution in [-0.4, -0.2) is 48.6 Å². The first-order chi connectivity index (χ1) is 12.3. The maximum absolute atomic E-state index is 12.4. The number of aromatic nitrogens is 5. The summed E-state index contributed by atoms with van der Waals surface area (Å²) in [5, 5.41) is 12.4. The summed E-state index contributed by atoms with van der Waals surface area (Å²) < 4.78 is 7.19. The Labute approximate surface area is 144 Å². The zero-order valence-corrected chi connectivity index (χ0v) is 14.2. The second-order valence-corrected chi connectivity index (χ2v) is 6.26. The number of aryl methyl sites for hydroxylation is 1. The lowest BCUT2D eigenvalue weighted by Gasteiger charge is -2.14. The van der Waals surface area contributed by atoms with Crippen molar-refractivity contribution in [2.24, 2.45) is 0 Å². The SMILES string of the molecule is CCCc1noc(-c2cccn3c(CC(=O)N4CCCC4)nnc23)n1. The zero-order chi connectivity index (χ0) is 17.2. The second-order valence-electron chi connectivity index (χ2n) is 6.26. The summed E-state index contributed by atoms with van der Waals surface area (Å²) in [5.74, 6) is 1.84. The number of carbonyl (C=O) groups is 1. The van der Waals surface area contributed by atoms with Crippen molar-refractivity contribution in [3.8, 4) is 11.5 Å². The quantitative estimate of drug-likeness (QED) is 0.705. The Morgan fingerprint density at radius 2 is 2.12 bits per heavy atom. The molecule has 1 fully saturated rings. The summed E-state index contributed by atoms with van der Waals surface area (Å²) in [6.07, 6.45) is 5.98. The molecule has 25 heavy (non-hydrogen) atoms. The number of fused-ring (bicyclic) bond motifs is 1. The lowest BCUT2D eigenvalue weighted by molar-refractivity contribution is -0.129. The Hall–Kier alpha value is -2.77. The van der Waals surface area contributed by atoms with Crippen LogP contribution in [0.4, 0.5) is 0 Å². The molecule has 1 aliphatic heterocycles. The minimum atomic E-state index is 0.0974. The topological polar surface area (TPSA) is 89.4 Å². The van der Waals surface area contributed by atoms with E-state index in [1.807, 2.05) is 27.6 Å². The van der Waals surface area contributed by atoms with Crippen molar-refractivity contribution >= 4 is 11.6 Å². The molecule has 8 nitrogen and oxygen atoms in total. The highest BCUT2D eigenvalue weighted by Crippen LogP contribution is 2.23. The van der Waals surface area contributed by atoms with Gasteiger partial charge < -0.3 is 9.42 Å². The molecule has 1 amide bonds. The van der Waals surface area contributed by atoms with Crippen molar-refractivity contribution < 1.29 is 9.32 Å². The van der Waals surface area contributed by atoms with Crippen LogP contribution in [0.2, 0.25) is 0 Å². The van der Waals surface area contributed by atoms with Gasteiger partial charge in [0.15, 0.2) is 11.5 Å². The number of hydrogen-bond donors (Lipinski definition) is 0. The molecule has 0 aromatic carbocycles. The van der Waals surface area contributed by atoms with Gasteiger partial charge in [-0.2, -0.15) is 4.98 Å². The van der Waals surface area contributed by atoms with Crippen LogP contribution in [0.5, 0.6) is 0 Å². The van der Waals surface area contributed by atoms with Crippen molar-refractivity contribution in [1.29, 1.82) is 0 Å². The Bertz CT molecular complexity index is 894. The van der Waals surface area contributed by atoms with E-state index in [2.05, 4.69) is 27.3 Å². The third-order valence-electron chi connectivity index (χ3n) is 4.45. The first-order valence-corrected chi connectivity index (χ1v) is 8.69. The highest BCUT2D eigenvalue weighted by atomic mass is 16.5. The largest absolute Gasteiger partial charge is 0.342 e. The predicted octanol–water partition coefficient (Wildman–Crippen LogP) is 1.90. The monoisotopic (exact) mass is 340 g/mol. The first-order valence-electron chi connectivity index (χ1n) is 8.69. The molecule has 0 atom stereocenters. The number of pyridine rings is 1. The minimum absolute atomic E-state index is 0.0974. The summed E-state index contributed by atoms with van der Waals surface area (Å²) in [5.41, 5.74) is 1.35. The van der Waals surface area contributed by atoms with Crippen LogP contribution in [0.3, 0.4) is 0 Å². The summed E-state index contributed by atoms with van der Waals surface area (Å²) >= 11 is 0. The summed E-state index contributed by atoms with van der Waals surface area (Å²) in [7, 11) is 0. The molecule has 3 aromatic rings. The number of carbonyl (C=O) groups excluding carboxylic acids is 1. The van der Waals surface area contributed by atoms with Crippen LogP contribution in [0.25, 0.3) is 17.1 Å². The van der Waals surface area contributed by atoms with Crippen molar-refractivity contribution in [3.05, 3.63) is 30.0 Å². The maximum atomic E-state index is 12.4. The average molecular weight is 340 g/mol. The summed E-state index contributed by atoms with van der Waals surface area (Å²) in [6, 6.07) is 3.75. The molecular formula is C17H20N6O2. The van der Waals surface area contributed by atoms with Crippen molar-refractivity contribution in [2.45, 2.75) is 39.0 Å². The molecule has 0 aliphatic carbocycles. The van der Waals surface area contributed by atoms with Crippen molar-refractivity contribution in [1.82, 2.24) is 29.6 Å². The lowest BCUT2D eigenvalue weighted by atomic mass is 10.2. The van der Waals surface area contributed by atoms with E-state index in [1.165, 1.54) is 0 Å².